The maximum Gasteiger partial charge on any atom is 0.256 e. The summed E-state index contributed by atoms with van der Waals surface area (Å²) in [7, 11) is 1.93. The van der Waals surface area contributed by atoms with E-state index in [1.54, 1.807) is 12.1 Å². The predicted octanol–water partition coefficient (Wildman–Crippen LogP) is 4.06. The van der Waals surface area contributed by atoms with E-state index < -0.39 is 0 Å². The molecule has 2 heterocycles. The number of morpholine rings is 1. The van der Waals surface area contributed by atoms with E-state index in [0.717, 1.165) is 22.2 Å². The number of hydrogen-bond donors (Lipinski definition) is 1. The molecule has 2 aromatic carbocycles. The van der Waals surface area contributed by atoms with Gasteiger partial charge >= 0.3 is 0 Å². The van der Waals surface area contributed by atoms with Crippen LogP contribution in [0.1, 0.15) is 27.7 Å². The second-order valence-corrected chi connectivity index (χ2v) is 7.32. The van der Waals surface area contributed by atoms with E-state index in [-0.39, 0.29) is 17.8 Å². The van der Waals surface area contributed by atoms with Crippen LogP contribution in [0.25, 0.3) is 10.9 Å². The monoisotopic (exact) mass is 384 g/mol. The number of carbonyl (C=O) groups excluding carboxylic acids is 1. The zero-order valence-corrected chi connectivity index (χ0v) is 16.0. The fraction of sp³-hybridized carbons (Fsp3) is 0.286. The molecule has 0 saturated carbocycles. The van der Waals surface area contributed by atoms with Crippen molar-refractivity contribution in [2.75, 3.05) is 19.7 Å². The van der Waals surface area contributed by atoms with Crippen LogP contribution < -0.4 is 0 Å². The Bertz CT molecular complexity index is 1010. The van der Waals surface area contributed by atoms with Crippen molar-refractivity contribution in [2.45, 2.75) is 13.0 Å². The molecular weight excluding hydrogens is 364 g/mol. The Morgan fingerprint density at radius 3 is 2.70 bits per heavy atom. The topological polar surface area (TPSA) is 54.7 Å². The number of aromatic nitrogens is 1. The van der Waals surface area contributed by atoms with Crippen molar-refractivity contribution < 1.29 is 14.6 Å². The predicted molar refractivity (Wildman–Crippen MR) is 105 cm³/mol. The summed E-state index contributed by atoms with van der Waals surface area (Å²) in [5.41, 5.74) is 3.45. The quantitative estimate of drug-likeness (QED) is 0.724. The number of rotatable bonds is 2. The maximum atomic E-state index is 13.3. The van der Waals surface area contributed by atoms with E-state index >= 15 is 0 Å². The molecule has 1 aliphatic heterocycles. The number of benzene rings is 2. The molecule has 3 aromatic rings. The molecule has 1 amide bonds. The number of ether oxygens (including phenoxy) is 1. The van der Waals surface area contributed by atoms with Gasteiger partial charge in [0.25, 0.3) is 5.91 Å². The largest absolute Gasteiger partial charge is 0.508 e. The molecule has 1 fully saturated rings. The Morgan fingerprint density at radius 1 is 1.22 bits per heavy atom. The second kappa shape index (κ2) is 6.91. The van der Waals surface area contributed by atoms with Gasteiger partial charge in [-0.1, -0.05) is 23.7 Å². The highest BCUT2D eigenvalue weighted by molar-refractivity contribution is 6.30. The molecule has 1 aromatic heterocycles. The molecule has 1 saturated heterocycles. The molecule has 4 rings (SSSR count). The summed E-state index contributed by atoms with van der Waals surface area (Å²) in [6.45, 7) is 3.43. The third-order valence-electron chi connectivity index (χ3n) is 5.29. The molecule has 5 nitrogen and oxygen atoms in total. The van der Waals surface area contributed by atoms with Crippen molar-refractivity contribution >= 4 is 28.4 Å². The number of halogens is 1. The van der Waals surface area contributed by atoms with Crippen LogP contribution >= 0.6 is 11.6 Å². The summed E-state index contributed by atoms with van der Waals surface area (Å²) >= 11 is 5.97. The first-order valence-corrected chi connectivity index (χ1v) is 9.28. The van der Waals surface area contributed by atoms with Gasteiger partial charge in [-0.3, -0.25) is 4.79 Å². The number of amides is 1. The van der Waals surface area contributed by atoms with Gasteiger partial charge in [-0.15, -0.1) is 0 Å². The number of aryl methyl sites for hydroxylation is 1. The molecular formula is C21H21ClN2O3. The molecule has 140 valence electrons. The van der Waals surface area contributed by atoms with Crippen molar-refractivity contribution in [1.29, 1.82) is 0 Å². The molecule has 27 heavy (non-hydrogen) atoms. The smallest absolute Gasteiger partial charge is 0.256 e. The Labute approximate surface area is 162 Å². The van der Waals surface area contributed by atoms with E-state index in [2.05, 4.69) is 0 Å². The van der Waals surface area contributed by atoms with Gasteiger partial charge in [0.2, 0.25) is 0 Å². The molecule has 1 aliphatic rings. The highest BCUT2D eigenvalue weighted by Gasteiger charge is 2.29. The third kappa shape index (κ3) is 3.17. The molecule has 0 spiro atoms. The second-order valence-electron chi connectivity index (χ2n) is 6.88. The number of phenolic OH excluding ortho intramolecular Hbond substituents is 1. The van der Waals surface area contributed by atoms with Gasteiger partial charge in [0.1, 0.15) is 11.9 Å². The lowest BCUT2D eigenvalue weighted by atomic mass is 10.1. The highest BCUT2D eigenvalue weighted by Crippen LogP contribution is 2.31. The van der Waals surface area contributed by atoms with Crippen LogP contribution in [0.2, 0.25) is 5.02 Å². The lowest BCUT2D eigenvalue weighted by Gasteiger charge is -2.33. The van der Waals surface area contributed by atoms with E-state index in [9.17, 15) is 9.90 Å². The minimum atomic E-state index is -0.177. The standard InChI is InChI=1S/C21H21ClN2O3/c1-13-20(17-11-16(25)7-8-18(17)23(13)2)21(26)24-9-10-27-19(12-24)14-3-5-15(22)6-4-14/h3-8,11,19,25H,9-10,12H2,1-2H3. The average Bonchev–Trinajstić information content (AvgIpc) is 2.92. The fourth-order valence-corrected chi connectivity index (χ4v) is 3.83. The first-order valence-electron chi connectivity index (χ1n) is 8.90. The van der Waals surface area contributed by atoms with E-state index in [4.69, 9.17) is 16.3 Å². The van der Waals surface area contributed by atoms with Crippen LogP contribution in [-0.4, -0.2) is 40.2 Å². The van der Waals surface area contributed by atoms with Crippen molar-refractivity contribution in [2.24, 2.45) is 7.05 Å². The van der Waals surface area contributed by atoms with Gasteiger partial charge in [0.05, 0.1) is 18.7 Å². The van der Waals surface area contributed by atoms with Gasteiger partial charge in [0, 0.05) is 35.2 Å². The summed E-state index contributed by atoms with van der Waals surface area (Å²) in [6.07, 6.45) is -0.177. The minimum Gasteiger partial charge on any atom is -0.508 e. The maximum absolute atomic E-state index is 13.3. The molecule has 0 bridgehead atoms. The fourth-order valence-electron chi connectivity index (χ4n) is 3.70. The number of phenols is 1. The summed E-state index contributed by atoms with van der Waals surface area (Å²) < 4.78 is 7.87. The zero-order valence-electron chi connectivity index (χ0n) is 15.3. The average molecular weight is 385 g/mol. The first-order chi connectivity index (χ1) is 13.0. The van der Waals surface area contributed by atoms with Crippen molar-refractivity contribution in [3.8, 4) is 5.75 Å². The Balaban J connectivity index is 1.66. The van der Waals surface area contributed by atoms with Gasteiger partial charge in [-0.2, -0.15) is 0 Å². The number of nitrogens with zero attached hydrogens (tertiary/aromatic N) is 2. The number of carbonyl (C=O) groups is 1. The third-order valence-corrected chi connectivity index (χ3v) is 5.54. The molecule has 1 N–H and O–H groups in total. The van der Waals surface area contributed by atoms with Gasteiger partial charge in [-0.05, 0) is 42.8 Å². The number of fused-ring (bicyclic) bond motifs is 1. The molecule has 1 unspecified atom stereocenters. The molecule has 0 aliphatic carbocycles. The Morgan fingerprint density at radius 2 is 1.96 bits per heavy atom. The first kappa shape index (κ1) is 17.9. The summed E-state index contributed by atoms with van der Waals surface area (Å²) in [5.74, 6) is 0.120. The summed E-state index contributed by atoms with van der Waals surface area (Å²) in [5, 5.41) is 11.3. The normalized spacial score (nSPS) is 17.4. The minimum absolute atomic E-state index is 0.0361. The lowest BCUT2D eigenvalue weighted by Crippen LogP contribution is -2.42. The SMILES string of the molecule is Cc1c(C(=O)N2CCOC(c3ccc(Cl)cc3)C2)c2cc(O)ccc2n1C. The van der Waals surface area contributed by atoms with Crippen LogP contribution in [-0.2, 0) is 11.8 Å². The van der Waals surface area contributed by atoms with Crippen LogP contribution in [0.4, 0.5) is 0 Å². The van der Waals surface area contributed by atoms with E-state index in [1.165, 1.54) is 0 Å². The van der Waals surface area contributed by atoms with Crippen molar-refractivity contribution in [3.05, 3.63) is 64.3 Å². The van der Waals surface area contributed by atoms with Crippen LogP contribution in [0.3, 0.4) is 0 Å². The zero-order chi connectivity index (χ0) is 19.1. The molecule has 1 atom stereocenters. The van der Waals surface area contributed by atoms with Gasteiger partial charge < -0.3 is 19.3 Å². The van der Waals surface area contributed by atoms with Gasteiger partial charge in [0.15, 0.2) is 0 Å². The van der Waals surface area contributed by atoms with Crippen LogP contribution in [0.15, 0.2) is 42.5 Å². The van der Waals surface area contributed by atoms with Crippen LogP contribution in [0, 0.1) is 6.92 Å². The number of hydrogen-bond acceptors (Lipinski definition) is 3. The van der Waals surface area contributed by atoms with E-state index in [0.29, 0.717) is 30.3 Å². The molecule has 6 heteroatoms. The summed E-state index contributed by atoms with van der Waals surface area (Å²) in [4.78, 5) is 15.2. The molecule has 0 radical (unpaired) electrons. The lowest BCUT2D eigenvalue weighted by molar-refractivity contribution is -0.0227. The van der Waals surface area contributed by atoms with E-state index in [1.807, 2.05) is 53.8 Å². The summed E-state index contributed by atoms with van der Waals surface area (Å²) in [6, 6.07) is 12.7. The Hall–Kier alpha value is -2.50. The highest BCUT2D eigenvalue weighted by atomic mass is 35.5. The van der Waals surface area contributed by atoms with Gasteiger partial charge in [-0.25, -0.2) is 0 Å². The van der Waals surface area contributed by atoms with Crippen molar-refractivity contribution in [1.82, 2.24) is 9.47 Å². The Kier molecular flexibility index (Phi) is 4.58. The van der Waals surface area contributed by atoms with Crippen molar-refractivity contribution in [3.63, 3.8) is 0 Å². The number of aromatic hydroxyl groups is 1. The van der Waals surface area contributed by atoms with Crippen LogP contribution in [0.5, 0.6) is 5.75 Å².